The molecule has 3 heterocycles. The summed E-state index contributed by atoms with van der Waals surface area (Å²) in [6.07, 6.45) is 7.81. The zero-order chi connectivity index (χ0) is 15.0. The van der Waals surface area contributed by atoms with Gasteiger partial charge in [-0.1, -0.05) is 0 Å². The highest BCUT2D eigenvalue weighted by Crippen LogP contribution is 2.23. The first-order valence-corrected chi connectivity index (χ1v) is 7.80. The largest absolute Gasteiger partial charge is 0.337 e. The number of fused-ring (bicyclic) bond motifs is 1. The number of rotatable bonds is 2. The third-order valence-corrected chi connectivity index (χ3v) is 4.48. The van der Waals surface area contributed by atoms with E-state index < -0.39 is 0 Å². The van der Waals surface area contributed by atoms with Crippen molar-refractivity contribution >= 4 is 11.6 Å². The van der Waals surface area contributed by atoms with Crippen molar-refractivity contribution < 1.29 is 4.79 Å². The number of aryl methyl sites for hydroxylation is 1. The van der Waals surface area contributed by atoms with Gasteiger partial charge in [-0.25, -0.2) is 4.98 Å². The average Bonchev–Trinajstić information content (AvgIpc) is 2.79. The van der Waals surface area contributed by atoms with Crippen molar-refractivity contribution in [3.63, 3.8) is 0 Å². The normalized spacial score (nSPS) is 22.7. The van der Waals surface area contributed by atoms with E-state index in [1.54, 1.807) is 0 Å². The molecule has 1 aliphatic heterocycles. The molecule has 0 spiro atoms. The molecule has 3 rings (SSSR count). The van der Waals surface area contributed by atoms with E-state index in [1.165, 1.54) is 12.0 Å². The molecule has 0 saturated carbocycles. The van der Waals surface area contributed by atoms with Gasteiger partial charge in [-0.3, -0.25) is 4.79 Å². The summed E-state index contributed by atoms with van der Waals surface area (Å²) in [5.74, 6) is 0.204. The zero-order valence-electron chi connectivity index (χ0n) is 13.0. The van der Waals surface area contributed by atoms with Crippen molar-refractivity contribution in [3.05, 3.63) is 35.8 Å². The van der Waals surface area contributed by atoms with Gasteiger partial charge in [0.1, 0.15) is 5.65 Å². The highest BCUT2D eigenvalue weighted by Gasteiger charge is 2.29. The Morgan fingerprint density at radius 2 is 2.05 bits per heavy atom. The molecule has 2 atom stereocenters. The quantitative estimate of drug-likeness (QED) is 0.850. The number of hydrogen-bond acceptors (Lipinski definition) is 2. The number of piperidine rings is 1. The van der Waals surface area contributed by atoms with Crippen LogP contribution in [0, 0.1) is 6.92 Å². The molecule has 0 radical (unpaired) electrons. The highest BCUT2D eigenvalue weighted by atomic mass is 16.2. The number of imidazole rings is 1. The van der Waals surface area contributed by atoms with Gasteiger partial charge in [0.15, 0.2) is 0 Å². The van der Waals surface area contributed by atoms with Crippen LogP contribution in [-0.4, -0.2) is 32.3 Å². The van der Waals surface area contributed by atoms with E-state index in [2.05, 4.69) is 36.7 Å². The van der Waals surface area contributed by atoms with E-state index in [-0.39, 0.29) is 5.91 Å². The van der Waals surface area contributed by atoms with Crippen LogP contribution in [0.15, 0.2) is 24.5 Å². The fraction of sp³-hybridized carbons (Fsp3) is 0.529. The fourth-order valence-corrected chi connectivity index (χ4v) is 3.38. The minimum Gasteiger partial charge on any atom is -0.337 e. The molecule has 4 nitrogen and oxygen atoms in total. The maximum atomic E-state index is 12.6. The van der Waals surface area contributed by atoms with E-state index in [0.717, 1.165) is 24.2 Å². The predicted octanol–water partition coefficient (Wildman–Crippen LogP) is 2.97. The van der Waals surface area contributed by atoms with E-state index in [9.17, 15) is 4.79 Å². The third kappa shape index (κ3) is 2.80. The monoisotopic (exact) mass is 285 g/mol. The second-order valence-corrected chi connectivity index (χ2v) is 6.31. The number of likely N-dealkylation sites (tertiary alicyclic amines) is 1. The minimum atomic E-state index is 0.204. The van der Waals surface area contributed by atoms with E-state index in [4.69, 9.17) is 0 Å². The molecule has 0 aromatic carbocycles. The number of aromatic nitrogens is 2. The summed E-state index contributed by atoms with van der Waals surface area (Å²) >= 11 is 0. The lowest BCUT2D eigenvalue weighted by Crippen LogP contribution is -2.48. The second kappa shape index (κ2) is 5.51. The van der Waals surface area contributed by atoms with Crippen molar-refractivity contribution in [1.82, 2.24) is 14.3 Å². The molecular weight excluding hydrogens is 262 g/mol. The number of hydrogen-bond donors (Lipinski definition) is 0. The number of carbonyl (C=O) groups excluding carboxylic acids is 1. The highest BCUT2D eigenvalue weighted by molar-refractivity contribution is 5.79. The Kier molecular flexibility index (Phi) is 3.70. The molecule has 4 heteroatoms. The molecule has 112 valence electrons. The molecule has 0 bridgehead atoms. The van der Waals surface area contributed by atoms with E-state index >= 15 is 0 Å². The topological polar surface area (TPSA) is 37.6 Å². The van der Waals surface area contributed by atoms with Crippen molar-refractivity contribution in [2.75, 3.05) is 0 Å². The minimum absolute atomic E-state index is 0.204. The molecule has 21 heavy (non-hydrogen) atoms. The van der Waals surface area contributed by atoms with Gasteiger partial charge in [-0.15, -0.1) is 0 Å². The Morgan fingerprint density at radius 1 is 1.33 bits per heavy atom. The summed E-state index contributed by atoms with van der Waals surface area (Å²) < 4.78 is 1.98. The maximum Gasteiger partial charge on any atom is 0.229 e. The zero-order valence-corrected chi connectivity index (χ0v) is 13.0. The van der Waals surface area contributed by atoms with Gasteiger partial charge >= 0.3 is 0 Å². The van der Waals surface area contributed by atoms with Crippen molar-refractivity contribution in [1.29, 1.82) is 0 Å². The van der Waals surface area contributed by atoms with Gasteiger partial charge in [0.05, 0.1) is 12.1 Å². The van der Waals surface area contributed by atoms with E-state index in [0.29, 0.717) is 18.5 Å². The first kappa shape index (κ1) is 14.1. The number of nitrogens with zero attached hydrogens (tertiary/aromatic N) is 3. The smallest absolute Gasteiger partial charge is 0.229 e. The number of carbonyl (C=O) groups is 1. The summed E-state index contributed by atoms with van der Waals surface area (Å²) in [7, 11) is 0. The van der Waals surface area contributed by atoms with Crippen LogP contribution in [0.1, 0.15) is 44.4 Å². The first-order chi connectivity index (χ1) is 10.0. The summed E-state index contributed by atoms with van der Waals surface area (Å²) in [6.45, 7) is 6.36. The Morgan fingerprint density at radius 3 is 2.76 bits per heavy atom. The van der Waals surface area contributed by atoms with Gasteiger partial charge < -0.3 is 9.30 Å². The lowest BCUT2D eigenvalue weighted by Gasteiger charge is -2.39. The molecule has 1 fully saturated rings. The van der Waals surface area contributed by atoms with E-state index in [1.807, 2.05) is 22.9 Å². The Bertz CT molecular complexity index is 651. The van der Waals surface area contributed by atoms with Gasteiger partial charge in [0, 0.05) is 24.5 Å². The average molecular weight is 285 g/mol. The first-order valence-electron chi connectivity index (χ1n) is 7.80. The summed E-state index contributed by atoms with van der Waals surface area (Å²) in [5, 5.41) is 0. The molecule has 1 amide bonds. The van der Waals surface area contributed by atoms with Gasteiger partial charge in [0.25, 0.3) is 0 Å². The Balaban J connectivity index is 1.79. The van der Waals surface area contributed by atoms with Crippen LogP contribution < -0.4 is 0 Å². The molecule has 2 unspecified atom stereocenters. The molecular formula is C17H23N3O. The summed E-state index contributed by atoms with van der Waals surface area (Å²) in [4.78, 5) is 19.2. The number of amides is 1. The fourth-order valence-electron chi connectivity index (χ4n) is 3.38. The molecule has 0 N–H and O–H groups in total. The molecule has 2 aromatic rings. The van der Waals surface area contributed by atoms with Crippen LogP contribution in [0.4, 0.5) is 0 Å². The molecule has 2 aromatic heterocycles. The number of pyridine rings is 1. The van der Waals surface area contributed by atoms with Crippen molar-refractivity contribution in [2.45, 2.75) is 58.5 Å². The molecule has 1 saturated heterocycles. The Hall–Kier alpha value is -1.84. The standard InChI is InChI=1S/C17H23N3O/c1-12-7-8-19-11-15(18-16(19)9-12)10-17(21)20-13(2)5-4-6-14(20)3/h7-9,11,13-14H,4-6,10H2,1-3H3. The lowest BCUT2D eigenvalue weighted by atomic mass is 9.97. The molecule has 0 aliphatic carbocycles. The SMILES string of the molecule is Cc1ccn2cc(CC(=O)N3C(C)CCCC3C)nc2c1. The van der Waals surface area contributed by atoms with Crippen LogP contribution in [0.3, 0.4) is 0 Å². The third-order valence-electron chi connectivity index (χ3n) is 4.48. The van der Waals surface area contributed by atoms with Crippen LogP contribution >= 0.6 is 0 Å². The van der Waals surface area contributed by atoms with Gasteiger partial charge in [-0.2, -0.15) is 0 Å². The molecule has 1 aliphatic rings. The van der Waals surface area contributed by atoms with Gasteiger partial charge in [-0.05, 0) is 57.7 Å². The van der Waals surface area contributed by atoms with Crippen LogP contribution in [0.2, 0.25) is 0 Å². The van der Waals surface area contributed by atoms with Crippen molar-refractivity contribution in [3.8, 4) is 0 Å². The lowest BCUT2D eigenvalue weighted by molar-refractivity contribution is -0.136. The van der Waals surface area contributed by atoms with Crippen LogP contribution in [0.5, 0.6) is 0 Å². The maximum absolute atomic E-state index is 12.6. The second-order valence-electron chi connectivity index (χ2n) is 6.31. The Labute approximate surface area is 125 Å². The van der Waals surface area contributed by atoms with Crippen LogP contribution in [0.25, 0.3) is 5.65 Å². The van der Waals surface area contributed by atoms with Crippen LogP contribution in [-0.2, 0) is 11.2 Å². The summed E-state index contributed by atoms with van der Waals surface area (Å²) in [5.41, 5.74) is 2.96. The van der Waals surface area contributed by atoms with Crippen molar-refractivity contribution in [2.24, 2.45) is 0 Å². The summed E-state index contributed by atoms with van der Waals surface area (Å²) in [6, 6.07) is 4.79. The van der Waals surface area contributed by atoms with Gasteiger partial charge in [0.2, 0.25) is 5.91 Å². The predicted molar refractivity (Wildman–Crippen MR) is 83.3 cm³/mol.